The average Bonchev–Trinajstić information content (AvgIpc) is 2.70. The number of benzene rings is 2. The van der Waals surface area contributed by atoms with Crippen molar-refractivity contribution < 1.29 is 51.9 Å². The standard InChI is InChI=1S/C20H16F6O6S2/c21-19(22,23)18(20(24,25)26,10-33(27,28)29)32-34(30,31)16-9-15-11-5-1-3-7-13(11)17(16)14-8-4-2-6-12(14)15/h1-8,15-17H,9-10H2,(H,27,28,29). The van der Waals surface area contributed by atoms with Crippen molar-refractivity contribution in [1.29, 1.82) is 0 Å². The molecule has 1 N–H and O–H groups in total. The lowest BCUT2D eigenvalue weighted by Crippen LogP contribution is -2.64. The fourth-order valence-electron chi connectivity index (χ4n) is 4.83. The lowest BCUT2D eigenvalue weighted by Gasteiger charge is -2.45. The molecule has 6 nitrogen and oxygen atoms in total. The molecule has 0 radical (unpaired) electrons. The van der Waals surface area contributed by atoms with Crippen molar-refractivity contribution in [3.8, 4) is 0 Å². The summed E-state index contributed by atoms with van der Waals surface area (Å²) < 4.78 is 143. The highest BCUT2D eigenvalue weighted by atomic mass is 32.2. The first-order valence-electron chi connectivity index (χ1n) is 9.69. The van der Waals surface area contributed by atoms with Crippen LogP contribution in [0.1, 0.15) is 40.5 Å². The van der Waals surface area contributed by atoms with E-state index in [-0.39, 0.29) is 6.42 Å². The van der Waals surface area contributed by atoms with Gasteiger partial charge in [-0.2, -0.15) is 43.2 Å². The summed E-state index contributed by atoms with van der Waals surface area (Å²) in [6.45, 7) is 0. The van der Waals surface area contributed by atoms with Crippen LogP contribution in [0.4, 0.5) is 26.3 Å². The zero-order chi connectivity index (χ0) is 25.3. The molecule has 1 atom stereocenters. The first kappa shape index (κ1) is 24.9. The largest absolute Gasteiger partial charge is 0.429 e. The van der Waals surface area contributed by atoms with Gasteiger partial charge in [-0.25, -0.2) is 4.18 Å². The van der Waals surface area contributed by atoms with Gasteiger partial charge in [0.05, 0.1) is 5.25 Å². The number of rotatable bonds is 5. The highest BCUT2D eigenvalue weighted by Crippen LogP contribution is 2.56. The maximum absolute atomic E-state index is 13.7. The van der Waals surface area contributed by atoms with Gasteiger partial charge in [0.1, 0.15) is 5.75 Å². The average molecular weight is 530 g/mol. The summed E-state index contributed by atoms with van der Waals surface area (Å²) in [5.74, 6) is -4.86. The Morgan fingerprint density at radius 2 is 1.21 bits per heavy atom. The Kier molecular flexibility index (Phi) is 5.63. The van der Waals surface area contributed by atoms with Crippen LogP contribution in [-0.2, 0) is 24.4 Å². The van der Waals surface area contributed by atoms with E-state index in [0.29, 0.717) is 22.3 Å². The number of alkyl halides is 6. The van der Waals surface area contributed by atoms with Crippen LogP contribution in [0.5, 0.6) is 0 Å². The third-order valence-electron chi connectivity index (χ3n) is 6.18. The summed E-state index contributed by atoms with van der Waals surface area (Å²) >= 11 is 0. The predicted octanol–water partition coefficient (Wildman–Crippen LogP) is 4.13. The molecule has 2 aromatic carbocycles. The van der Waals surface area contributed by atoms with Gasteiger partial charge in [-0.1, -0.05) is 48.5 Å². The van der Waals surface area contributed by atoms with E-state index in [0.717, 1.165) is 0 Å². The molecular weight excluding hydrogens is 514 g/mol. The number of halogens is 6. The molecule has 0 aliphatic heterocycles. The minimum Gasteiger partial charge on any atom is -0.285 e. The molecule has 34 heavy (non-hydrogen) atoms. The monoisotopic (exact) mass is 530 g/mol. The van der Waals surface area contributed by atoms with Gasteiger partial charge in [0.15, 0.2) is 0 Å². The highest BCUT2D eigenvalue weighted by Gasteiger charge is 2.76. The zero-order valence-electron chi connectivity index (χ0n) is 16.8. The molecule has 1 unspecified atom stereocenters. The van der Waals surface area contributed by atoms with Crippen molar-refractivity contribution in [2.75, 3.05) is 5.75 Å². The first-order valence-corrected chi connectivity index (χ1v) is 12.8. The SMILES string of the molecule is O=S(=O)(O)CC(OS(=O)(=O)C1CC2c3ccccc3C1c1ccccc12)(C(F)(F)F)C(F)(F)F. The lowest BCUT2D eigenvalue weighted by molar-refractivity contribution is -0.348. The van der Waals surface area contributed by atoms with Crippen molar-refractivity contribution in [1.82, 2.24) is 0 Å². The third-order valence-corrected chi connectivity index (χ3v) is 8.68. The molecule has 2 bridgehead atoms. The molecule has 0 heterocycles. The third kappa shape index (κ3) is 3.89. The Morgan fingerprint density at radius 1 is 0.794 bits per heavy atom. The molecule has 14 heteroatoms. The number of hydrogen-bond donors (Lipinski definition) is 1. The second kappa shape index (κ2) is 7.67. The second-order valence-corrected chi connectivity index (χ2v) is 11.4. The molecule has 186 valence electrons. The zero-order valence-corrected chi connectivity index (χ0v) is 18.5. The van der Waals surface area contributed by atoms with Crippen molar-refractivity contribution in [3.05, 3.63) is 70.8 Å². The quantitative estimate of drug-likeness (QED) is 0.355. The summed E-state index contributed by atoms with van der Waals surface area (Å²) in [5.41, 5.74) is -3.49. The van der Waals surface area contributed by atoms with Crippen LogP contribution < -0.4 is 0 Å². The van der Waals surface area contributed by atoms with Crippen molar-refractivity contribution >= 4 is 20.2 Å². The number of fused-ring (bicyclic) bond motifs is 1. The van der Waals surface area contributed by atoms with Crippen LogP contribution in [0.3, 0.4) is 0 Å². The molecule has 2 aromatic rings. The van der Waals surface area contributed by atoms with Gasteiger partial charge < -0.3 is 0 Å². The van der Waals surface area contributed by atoms with Crippen molar-refractivity contribution in [2.45, 2.75) is 41.5 Å². The van der Waals surface area contributed by atoms with Gasteiger partial charge >= 0.3 is 12.4 Å². The molecule has 0 spiro atoms. The van der Waals surface area contributed by atoms with E-state index in [4.69, 9.17) is 4.55 Å². The topological polar surface area (TPSA) is 97.7 Å². The van der Waals surface area contributed by atoms with Crippen LogP contribution in [-0.4, -0.2) is 50.3 Å². The molecule has 0 fully saturated rings. The summed E-state index contributed by atoms with van der Waals surface area (Å²) in [4.78, 5) is 0. The van der Waals surface area contributed by atoms with E-state index in [1.54, 1.807) is 36.4 Å². The molecule has 0 saturated carbocycles. The minimum atomic E-state index is -6.54. The maximum Gasteiger partial charge on any atom is 0.429 e. The van der Waals surface area contributed by atoms with Crippen LogP contribution in [0, 0.1) is 0 Å². The van der Waals surface area contributed by atoms with E-state index in [2.05, 4.69) is 4.18 Å². The maximum atomic E-state index is 13.7. The van der Waals surface area contributed by atoms with Crippen LogP contribution in [0.2, 0.25) is 0 Å². The molecule has 0 saturated heterocycles. The van der Waals surface area contributed by atoms with Gasteiger partial charge in [0.25, 0.3) is 25.8 Å². The summed E-state index contributed by atoms with van der Waals surface area (Å²) in [6.07, 6.45) is -13.5. The van der Waals surface area contributed by atoms with E-state index in [9.17, 15) is 43.2 Å². The van der Waals surface area contributed by atoms with Gasteiger partial charge in [-0.3, -0.25) is 4.55 Å². The minimum absolute atomic E-state index is 0.376. The van der Waals surface area contributed by atoms with E-state index >= 15 is 0 Å². The molecule has 3 aliphatic rings. The van der Waals surface area contributed by atoms with Gasteiger partial charge in [-0.15, -0.1) is 0 Å². The lowest BCUT2D eigenvalue weighted by atomic mass is 9.63. The van der Waals surface area contributed by atoms with Crippen molar-refractivity contribution in [2.24, 2.45) is 0 Å². The molecule has 0 amide bonds. The van der Waals surface area contributed by atoms with Gasteiger partial charge in [-0.05, 0) is 28.7 Å². The van der Waals surface area contributed by atoms with Crippen molar-refractivity contribution in [3.63, 3.8) is 0 Å². The fourth-order valence-corrected chi connectivity index (χ4v) is 7.62. The van der Waals surface area contributed by atoms with Gasteiger partial charge in [0.2, 0.25) is 0 Å². The summed E-state index contributed by atoms with van der Waals surface area (Å²) in [5, 5.41) is -1.87. The Labute approximate surface area is 190 Å². The number of hydrogen-bond acceptors (Lipinski definition) is 5. The summed E-state index contributed by atoms with van der Waals surface area (Å²) in [7, 11) is -11.7. The first-order chi connectivity index (χ1) is 15.5. The van der Waals surface area contributed by atoms with E-state index < -0.39 is 61.0 Å². The molecular formula is C20H16F6O6S2. The highest BCUT2D eigenvalue weighted by molar-refractivity contribution is 7.87. The Bertz CT molecular complexity index is 1270. The van der Waals surface area contributed by atoms with E-state index in [1.807, 2.05) is 0 Å². The Balaban J connectivity index is 1.87. The smallest absolute Gasteiger partial charge is 0.285 e. The normalized spacial score (nSPS) is 22.9. The molecule has 3 aliphatic carbocycles. The Hall–Kier alpha value is -2.16. The van der Waals surface area contributed by atoms with Crippen LogP contribution >= 0.6 is 0 Å². The summed E-state index contributed by atoms with van der Waals surface area (Å²) in [6, 6.07) is 12.9. The van der Waals surface area contributed by atoms with Crippen LogP contribution in [0.25, 0.3) is 0 Å². The molecule has 5 rings (SSSR count). The van der Waals surface area contributed by atoms with Gasteiger partial charge in [0, 0.05) is 11.8 Å². The Morgan fingerprint density at radius 3 is 1.59 bits per heavy atom. The van der Waals surface area contributed by atoms with Crippen LogP contribution in [0.15, 0.2) is 48.5 Å². The molecule has 0 aromatic heterocycles. The fraction of sp³-hybridized carbons (Fsp3) is 0.400. The predicted molar refractivity (Wildman–Crippen MR) is 106 cm³/mol. The second-order valence-electron chi connectivity index (χ2n) is 8.19. The van der Waals surface area contributed by atoms with E-state index in [1.165, 1.54) is 12.1 Å².